The van der Waals surface area contributed by atoms with Gasteiger partial charge in [-0.25, -0.2) is 4.79 Å². The number of hydrogen-bond donors (Lipinski definition) is 1. The molecule has 0 aliphatic carbocycles. The molecule has 0 aromatic heterocycles. The van der Waals surface area contributed by atoms with Crippen molar-refractivity contribution in [2.75, 3.05) is 22.6 Å². The molecule has 2 atom stereocenters. The SMILES string of the molecule is CC1(C)C(=O)Nc2ccccc2N1C(=O)COC(=O)[C@@H]1CS[C@]2(C)CCC(=O)N12. The number of carbonyl (C=O) groups excluding carboxylic acids is 4. The maximum atomic E-state index is 13.0. The summed E-state index contributed by atoms with van der Waals surface area (Å²) in [5, 5.41) is 2.79. The van der Waals surface area contributed by atoms with Gasteiger partial charge in [-0.1, -0.05) is 12.1 Å². The average Bonchev–Trinajstić information content (AvgIpc) is 3.16. The fraction of sp³-hybridized carbons (Fsp3) is 0.500. The smallest absolute Gasteiger partial charge is 0.330 e. The summed E-state index contributed by atoms with van der Waals surface area (Å²) in [5.74, 6) is -1.00. The van der Waals surface area contributed by atoms with Crippen molar-refractivity contribution in [3.8, 4) is 0 Å². The van der Waals surface area contributed by atoms with Crippen LogP contribution < -0.4 is 10.2 Å². The van der Waals surface area contributed by atoms with Gasteiger partial charge >= 0.3 is 5.97 Å². The van der Waals surface area contributed by atoms with E-state index in [1.807, 2.05) is 6.92 Å². The molecule has 3 heterocycles. The molecule has 3 amide bonds. The second-order valence-electron chi connectivity index (χ2n) is 8.13. The number of para-hydroxylation sites is 2. The summed E-state index contributed by atoms with van der Waals surface area (Å²) >= 11 is 1.56. The second-order valence-corrected chi connectivity index (χ2v) is 9.63. The summed E-state index contributed by atoms with van der Waals surface area (Å²) in [7, 11) is 0. The summed E-state index contributed by atoms with van der Waals surface area (Å²) in [6, 6.07) is 6.30. The first kappa shape index (κ1) is 19.8. The molecule has 1 N–H and O–H groups in total. The molecule has 3 aliphatic rings. The van der Waals surface area contributed by atoms with Crippen molar-refractivity contribution in [2.45, 2.75) is 50.1 Å². The maximum absolute atomic E-state index is 13.0. The summed E-state index contributed by atoms with van der Waals surface area (Å²) in [6.45, 7) is 4.73. The molecule has 1 aromatic carbocycles. The number of nitrogens with zero attached hydrogens (tertiary/aromatic N) is 2. The molecule has 3 aliphatic heterocycles. The highest BCUT2D eigenvalue weighted by Crippen LogP contribution is 2.47. The number of thioether (sulfide) groups is 1. The molecule has 4 rings (SSSR count). The van der Waals surface area contributed by atoms with Gasteiger partial charge in [0.1, 0.15) is 11.6 Å². The van der Waals surface area contributed by atoms with Crippen molar-refractivity contribution >= 4 is 46.8 Å². The van der Waals surface area contributed by atoms with Gasteiger partial charge in [0.2, 0.25) is 11.8 Å². The Labute approximate surface area is 172 Å². The van der Waals surface area contributed by atoms with Crippen LogP contribution in [-0.4, -0.2) is 57.4 Å². The molecule has 29 heavy (non-hydrogen) atoms. The number of benzene rings is 1. The van der Waals surface area contributed by atoms with Gasteiger partial charge in [-0.05, 0) is 39.3 Å². The van der Waals surface area contributed by atoms with E-state index in [9.17, 15) is 19.2 Å². The van der Waals surface area contributed by atoms with Crippen LogP contribution in [0.25, 0.3) is 0 Å². The number of ether oxygens (including phenoxy) is 1. The third-order valence-corrected chi connectivity index (χ3v) is 7.32. The van der Waals surface area contributed by atoms with Gasteiger partial charge in [-0.15, -0.1) is 11.8 Å². The Bertz CT molecular complexity index is 917. The van der Waals surface area contributed by atoms with Crippen LogP contribution in [0.1, 0.15) is 33.6 Å². The normalized spacial score (nSPS) is 27.3. The molecule has 0 bridgehead atoms. The molecule has 8 nitrogen and oxygen atoms in total. The van der Waals surface area contributed by atoms with Crippen LogP contribution in [0.5, 0.6) is 0 Å². The molecular formula is C20H23N3O5S. The minimum Gasteiger partial charge on any atom is -0.454 e. The van der Waals surface area contributed by atoms with E-state index in [1.54, 1.807) is 54.8 Å². The highest BCUT2D eigenvalue weighted by atomic mass is 32.2. The quantitative estimate of drug-likeness (QED) is 0.753. The lowest BCUT2D eigenvalue weighted by atomic mass is 9.96. The number of amides is 3. The zero-order chi connectivity index (χ0) is 21.0. The lowest BCUT2D eigenvalue weighted by Gasteiger charge is -2.41. The van der Waals surface area contributed by atoms with Gasteiger partial charge in [-0.2, -0.15) is 0 Å². The highest BCUT2D eigenvalue weighted by molar-refractivity contribution is 8.01. The van der Waals surface area contributed by atoms with Crippen molar-refractivity contribution < 1.29 is 23.9 Å². The lowest BCUT2D eigenvalue weighted by Crippen LogP contribution is -2.59. The molecule has 1 aromatic rings. The van der Waals surface area contributed by atoms with Gasteiger partial charge in [0, 0.05) is 12.2 Å². The number of hydrogen-bond acceptors (Lipinski definition) is 6. The van der Waals surface area contributed by atoms with Gasteiger partial charge in [0.05, 0.1) is 16.2 Å². The largest absolute Gasteiger partial charge is 0.454 e. The number of carbonyl (C=O) groups is 4. The zero-order valence-corrected chi connectivity index (χ0v) is 17.4. The number of nitrogens with one attached hydrogen (secondary N) is 1. The lowest BCUT2D eigenvalue weighted by molar-refractivity contribution is -0.156. The minimum atomic E-state index is -1.13. The van der Waals surface area contributed by atoms with Gasteiger partial charge in [0.15, 0.2) is 6.61 Å². The molecule has 0 saturated carbocycles. The van der Waals surface area contributed by atoms with Gasteiger partial charge in [0.25, 0.3) is 5.91 Å². The Hall–Kier alpha value is -2.55. The summed E-state index contributed by atoms with van der Waals surface area (Å²) < 4.78 is 5.32. The summed E-state index contributed by atoms with van der Waals surface area (Å²) in [4.78, 5) is 52.9. The van der Waals surface area contributed by atoms with E-state index in [1.165, 1.54) is 4.90 Å². The Morgan fingerprint density at radius 2 is 1.97 bits per heavy atom. The third-order valence-electron chi connectivity index (χ3n) is 5.81. The van der Waals surface area contributed by atoms with E-state index in [4.69, 9.17) is 4.74 Å². The van der Waals surface area contributed by atoms with Crippen molar-refractivity contribution in [3.05, 3.63) is 24.3 Å². The molecule has 0 unspecified atom stereocenters. The molecular weight excluding hydrogens is 394 g/mol. The van der Waals surface area contributed by atoms with Gasteiger partial charge in [-0.3, -0.25) is 19.3 Å². The van der Waals surface area contributed by atoms with Crippen molar-refractivity contribution in [1.82, 2.24) is 4.90 Å². The van der Waals surface area contributed by atoms with Crippen LogP contribution in [0.2, 0.25) is 0 Å². The Kier molecular flexibility index (Phi) is 4.60. The molecule has 2 saturated heterocycles. The molecule has 154 valence electrons. The first-order valence-corrected chi connectivity index (χ1v) is 10.5. The number of fused-ring (bicyclic) bond motifs is 2. The van der Waals surface area contributed by atoms with E-state index in [0.717, 1.165) is 0 Å². The molecule has 9 heteroatoms. The number of rotatable bonds is 3. The van der Waals surface area contributed by atoms with Crippen LogP contribution in [0, 0.1) is 0 Å². The topological polar surface area (TPSA) is 96.0 Å². The summed E-state index contributed by atoms with van der Waals surface area (Å²) in [5.41, 5.74) is -0.0520. The number of esters is 1. The second kappa shape index (κ2) is 6.76. The number of anilines is 2. The fourth-order valence-corrected chi connectivity index (χ4v) is 5.60. The molecule has 2 fully saturated rings. The van der Waals surface area contributed by atoms with E-state index in [-0.39, 0.29) is 16.7 Å². The Balaban J connectivity index is 1.49. The predicted octanol–water partition coefficient (Wildman–Crippen LogP) is 1.75. The fourth-order valence-electron chi connectivity index (χ4n) is 4.19. The monoisotopic (exact) mass is 417 g/mol. The van der Waals surface area contributed by atoms with Crippen LogP contribution >= 0.6 is 11.8 Å². The van der Waals surface area contributed by atoms with Crippen molar-refractivity contribution in [3.63, 3.8) is 0 Å². The molecule has 0 radical (unpaired) electrons. The van der Waals surface area contributed by atoms with E-state index < -0.39 is 30.1 Å². The Morgan fingerprint density at radius 3 is 2.72 bits per heavy atom. The van der Waals surface area contributed by atoms with Crippen molar-refractivity contribution in [2.24, 2.45) is 0 Å². The van der Waals surface area contributed by atoms with E-state index >= 15 is 0 Å². The highest BCUT2D eigenvalue weighted by Gasteiger charge is 2.53. The third kappa shape index (κ3) is 3.08. The standard InChI is InChI=1S/C20H23N3O5S/c1-19(2)18(27)21-12-6-4-5-7-13(12)22(19)16(25)10-28-17(26)14-11-29-20(3)9-8-15(24)23(14)20/h4-7,14H,8-11H2,1-3H3,(H,21,27)/t14-,20+/m0/s1. The Morgan fingerprint density at radius 1 is 1.24 bits per heavy atom. The molecule has 0 spiro atoms. The van der Waals surface area contributed by atoms with Crippen LogP contribution in [0.4, 0.5) is 11.4 Å². The van der Waals surface area contributed by atoms with Crippen molar-refractivity contribution in [1.29, 1.82) is 0 Å². The van der Waals surface area contributed by atoms with Crippen LogP contribution in [0.3, 0.4) is 0 Å². The first-order valence-electron chi connectivity index (χ1n) is 9.51. The predicted molar refractivity (Wildman–Crippen MR) is 108 cm³/mol. The van der Waals surface area contributed by atoms with Gasteiger partial charge < -0.3 is 15.0 Å². The summed E-state index contributed by atoms with van der Waals surface area (Å²) in [6.07, 6.45) is 1.12. The van der Waals surface area contributed by atoms with E-state index in [0.29, 0.717) is 30.0 Å². The minimum absolute atomic E-state index is 0.0615. The maximum Gasteiger partial charge on any atom is 0.330 e. The average molecular weight is 417 g/mol. The van der Waals surface area contributed by atoms with E-state index in [2.05, 4.69) is 5.32 Å². The first-order chi connectivity index (χ1) is 13.6. The zero-order valence-electron chi connectivity index (χ0n) is 16.6. The van der Waals surface area contributed by atoms with Crippen LogP contribution in [-0.2, 0) is 23.9 Å². The van der Waals surface area contributed by atoms with Crippen LogP contribution in [0.15, 0.2) is 24.3 Å².